The van der Waals surface area contributed by atoms with Gasteiger partial charge in [0.1, 0.15) is 24.0 Å². The van der Waals surface area contributed by atoms with Gasteiger partial charge in [0.25, 0.3) is 0 Å². The zero-order valence-electron chi connectivity index (χ0n) is 12.6. The second kappa shape index (κ2) is 4.86. The highest BCUT2D eigenvalue weighted by Gasteiger charge is 2.47. The van der Waals surface area contributed by atoms with Crippen molar-refractivity contribution in [3.8, 4) is 0 Å². The van der Waals surface area contributed by atoms with Crippen molar-refractivity contribution in [1.29, 1.82) is 0 Å². The van der Waals surface area contributed by atoms with Gasteiger partial charge in [0, 0.05) is 25.7 Å². The second-order valence-electron chi connectivity index (χ2n) is 6.31. The van der Waals surface area contributed by atoms with Crippen molar-refractivity contribution in [2.24, 2.45) is 17.6 Å². The Kier molecular flexibility index (Phi) is 2.95. The summed E-state index contributed by atoms with van der Waals surface area (Å²) in [5.41, 5.74) is 6.43. The summed E-state index contributed by atoms with van der Waals surface area (Å²) in [5, 5.41) is 0.968. The number of amides is 2. The summed E-state index contributed by atoms with van der Waals surface area (Å²) in [7, 11) is 2.00. The van der Waals surface area contributed by atoms with Crippen molar-refractivity contribution in [1.82, 2.24) is 19.9 Å². The molecule has 2 aromatic heterocycles. The fourth-order valence-electron chi connectivity index (χ4n) is 4.26. The van der Waals surface area contributed by atoms with Crippen LogP contribution >= 0.6 is 0 Å². The van der Waals surface area contributed by atoms with Crippen LogP contribution in [0.5, 0.6) is 0 Å². The number of primary amides is 1. The largest absolute Gasteiger partial charge is 0.351 e. The van der Waals surface area contributed by atoms with Gasteiger partial charge in [-0.3, -0.25) is 0 Å². The van der Waals surface area contributed by atoms with Gasteiger partial charge in [0.05, 0.1) is 5.39 Å². The van der Waals surface area contributed by atoms with E-state index in [2.05, 4.69) is 19.9 Å². The van der Waals surface area contributed by atoms with E-state index in [1.165, 1.54) is 12.8 Å². The zero-order chi connectivity index (χ0) is 15.3. The van der Waals surface area contributed by atoms with Crippen LogP contribution in [-0.2, 0) is 0 Å². The van der Waals surface area contributed by atoms with Gasteiger partial charge in [-0.15, -0.1) is 0 Å². The molecular formula is C15H20N6O. The SMILES string of the molecule is CN(c1ncnc2[nH]ccc12)C1C2CCCC2CN1C(N)=O. The highest BCUT2D eigenvalue weighted by atomic mass is 16.2. The quantitative estimate of drug-likeness (QED) is 0.880. The molecule has 7 heteroatoms. The fraction of sp³-hybridized carbons (Fsp3) is 0.533. The number of nitrogens with one attached hydrogen (secondary N) is 1. The molecule has 1 aliphatic heterocycles. The Labute approximate surface area is 128 Å². The first-order valence-electron chi connectivity index (χ1n) is 7.74. The number of nitrogens with two attached hydrogens (primary N) is 1. The van der Waals surface area contributed by atoms with Gasteiger partial charge >= 0.3 is 6.03 Å². The van der Waals surface area contributed by atoms with E-state index in [0.717, 1.165) is 29.8 Å². The third-order valence-corrected chi connectivity index (χ3v) is 5.20. The van der Waals surface area contributed by atoms with E-state index in [-0.39, 0.29) is 12.2 Å². The maximum absolute atomic E-state index is 11.9. The van der Waals surface area contributed by atoms with Crippen molar-refractivity contribution >= 4 is 22.9 Å². The summed E-state index contributed by atoms with van der Waals surface area (Å²) in [6.07, 6.45) is 6.95. The van der Waals surface area contributed by atoms with Gasteiger partial charge in [-0.2, -0.15) is 0 Å². The molecule has 2 aliphatic rings. The minimum atomic E-state index is -0.342. The lowest BCUT2D eigenvalue weighted by atomic mass is 9.97. The van der Waals surface area contributed by atoms with E-state index in [1.54, 1.807) is 11.2 Å². The molecule has 2 amide bonds. The lowest BCUT2D eigenvalue weighted by Crippen LogP contribution is -2.50. The molecule has 3 unspecified atom stereocenters. The summed E-state index contributed by atoms with van der Waals surface area (Å²) < 4.78 is 0. The molecule has 3 heterocycles. The van der Waals surface area contributed by atoms with E-state index in [1.807, 2.05) is 19.3 Å². The number of rotatable bonds is 2. The molecule has 3 N–H and O–H groups in total. The number of carbonyl (C=O) groups is 1. The first-order valence-corrected chi connectivity index (χ1v) is 7.74. The number of nitrogens with zero attached hydrogens (tertiary/aromatic N) is 4. The average molecular weight is 300 g/mol. The van der Waals surface area contributed by atoms with Gasteiger partial charge in [-0.25, -0.2) is 14.8 Å². The Morgan fingerprint density at radius 1 is 1.45 bits per heavy atom. The number of anilines is 1. The summed E-state index contributed by atoms with van der Waals surface area (Å²) in [6, 6.07) is 1.63. The smallest absolute Gasteiger partial charge is 0.316 e. The molecule has 1 saturated heterocycles. The maximum Gasteiger partial charge on any atom is 0.316 e. The molecule has 7 nitrogen and oxygen atoms in total. The van der Waals surface area contributed by atoms with Crippen molar-refractivity contribution in [2.45, 2.75) is 25.4 Å². The van der Waals surface area contributed by atoms with E-state index in [0.29, 0.717) is 11.8 Å². The molecule has 0 bridgehead atoms. The van der Waals surface area contributed by atoms with Crippen molar-refractivity contribution in [2.75, 3.05) is 18.5 Å². The molecule has 0 spiro atoms. The van der Waals surface area contributed by atoms with Crippen molar-refractivity contribution in [3.63, 3.8) is 0 Å². The number of hydrogen-bond donors (Lipinski definition) is 2. The molecule has 4 rings (SSSR count). The fourth-order valence-corrected chi connectivity index (χ4v) is 4.26. The van der Waals surface area contributed by atoms with Crippen molar-refractivity contribution in [3.05, 3.63) is 18.6 Å². The highest BCUT2D eigenvalue weighted by Crippen LogP contribution is 2.44. The van der Waals surface area contributed by atoms with Crippen LogP contribution in [0.15, 0.2) is 18.6 Å². The average Bonchev–Trinajstić information content (AvgIpc) is 3.20. The molecule has 0 radical (unpaired) electrons. The third-order valence-electron chi connectivity index (χ3n) is 5.20. The molecule has 1 saturated carbocycles. The molecule has 1 aliphatic carbocycles. The Balaban J connectivity index is 1.75. The van der Waals surface area contributed by atoms with Crippen molar-refractivity contribution < 1.29 is 4.79 Å². The monoisotopic (exact) mass is 300 g/mol. The van der Waals surface area contributed by atoms with Gasteiger partial charge in [0.2, 0.25) is 0 Å². The summed E-state index contributed by atoms with van der Waals surface area (Å²) >= 11 is 0. The van der Waals surface area contributed by atoms with Crippen LogP contribution in [0.3, 0.4) is 0 Å². The van der Waals surface area contributed by atoms with Gasteiger partial charge in [0.15, 0.2) is 0 Å². The number of fused-ring (bicyclic) bond motifs is 2. The van der Waals surface area contributed by atoms with Crippen LogP contribution in [-0.4, -0.2) is 45.6 Å². The Morgan fingerprint density at radius 2 is 2.32 bits per heavy atom. The molecule has 22 heavy (non-hydrogen) atoms. The molecule has 0 aromatic carbocycles. The van der Waals surface area contributed by atoms with E-state index in [9.17, 15) is 4.79 Å². The lowest BCUT2D eigenvalue weighted by Gasteiger charge is -2.35. The topological polar surface area (TPSA) is 91.1 Å². The highest BCUT2D eigenvalue weighted by molar-refractivity contribution is 5.87. The van der Waals surface area contributed by atoms with Crippen LogP contribution in [0, 0.1) is 11.8 Å². The van der Waals surface area contributed by atoms with Crippen LogP contribution in [0.4, 0.5) is 10.6 Å². The first kappa shape index (κ1) is 13.4. The zero-order valence-corrected chi connectivity index (χ0v) is 12.6. The minimum Gasteiger partial charge on any atom is -0.351 e. The van der Waals surface area contributed by atoms with Gasteiger partial charge in [-0.1, -0.05) is 6.42 Å². The third kappa shape index (κ3) is 1.84. The number of carbonyl (C=O) groups excluding carboxylic acids is 1. The molecule has 3 atom stereocenters. The number of aromatic nitrogens is 3. The molecule has 2 aromatic rings. The Morgan fingerprint density at radius 3 is 3.14 bits per heavy atom. The van der Waals surface area contributed by atoms with E-state index in [4.69, 9.17) is 5.73 Å². The number of aromatic amines is 1. The summed E-state index contributed by atoms with van der Waals surface area (Å²) in [6.45, 7) is 0.760. The summed E-state index contributed by atoms with van der Waals surface area (Å²) in [4.78, 5) is 27.6. The first-order chi connectivity index (χ1) is 10.7. The number of H-pyrrole nitrogens is 1. The Bertz CT molecular complexity index is 713. The Hall–Kier alpha value is -2.31. The predicted octanol–water partition coefficient (Wildman–Crippen LogP) is 1.53. The minimum absolute atomic E-state index is 0.0157. The summed E-state index contributed by atoms with van der Waals surface area (Å²) in [5.74, 6) is 1.88. The number of likely N-dealkylation sites (tertiary alicyclic amines) is 1. The van der Waals surface area contributed by atoms with Crippen LogP contribution < -0.4 is 10.6 Å². The maximum atomic E-state index is 11.9. The van der Waals surface area contributed by atoms with Gasteiger partial charge < -0.3 is 20.5 Å². The van der Waals surface area contributed by atoms with Crippen LogP contribution in [0.25, 0.3) is 11.0 Å². The van der Waals surface area contributed by atoms with E-state index < -0.39 is 0 Å². The second-order valence-corrected chi connectivity index (χ2v) is 6.31. The van der Waals surface area contributed by atoms with Crippen LogP contribution in [0.1, 0.15) is 19.3 Å². The number of hydrogen-bond acceptors (Lipinski definition) is 4. The van der Waals surface area contributed by atoms with Gasteiger partial charge in [-0.05, 0) is 24.8 Å². The molecular weight excluding hydrogens is 280 g/mol. The standard InChI is InChI=1S/C15H20N6O/c1-20(13-11-5-6-17-12(11)18-8-19-13)14-10-4-2-3-9(10)7-21(14)15(16)22/h5-6,8-10,14H,2-4,7H2,1H3,(H2,16,22)(H,17,18,19). The van der Waals surface area contributed by atoms with Crippen LogP contribution in [0.2, 0.25) is 0 Å². The lowest BCUT2D eigenvalue weighted by molar-refractivity contribution is 0.192. The normalized spacial score (nSPS) is 27.3. The van der Waals surface area contributed by atoms with E-state index >= 15 is 0 Å². The predicted molar refractivity (Wildman–Crippen MR) is 83.2 cm³/mol. The number of urea groups is 1. The molecule has 116 valence electrons. The molecule has 2 fully saturated rings.